The van der Waals surface area contributed by atoms with E-state index in [0.717, 1.165) is 25.9 Å². The van der Waals surface area contributed by atoms with Crippen molar-refractivity contribution < 1.29 is 13.2 Å². The van der Waals surface area contributed by atoms with Crippen LogP contribution in [0.25, 0.3) is 0 Å². The van der Waals surface area contributed by atoms with Gasteiger partial charge in [-0.25, -0.2) is 13.1 Å². The molecule has 2 N–H and O–H groups in total. The molecule has 1 aromatic carbocycles. The molecule has 1 aromatic rings. The number of hydrogen-bond donors (Lipinski definition) is 2. The minimum absolute atomic E-state index is 0.244. The van der Waals surface area contributed by atoms with E-state index in [1.165, 1.54) is 0 Å². The molecule has 1 aliphatic heterocycles. The molecule has 5 nitrogen and oxygen atoms in total. The highest BCUT2D eigenvalue weighted by molar-refractivity contribution is 9.10. The summed E-state index contributed by atoms with van der Waals surface area (Å²) in [5.74, 6) is 0.973. The maximum absolute atomic E-state index is 12.2. The van der Waals surface area contributed by atoms with Crippen molar-refractivity contribution in [1.82, 2.24) is 10.0 Å². The number of benzene rings is 1. The van der Waals surface area contributed by atoms with Gasteiger partial charge in [0.2, 0.25) is 10.0 Å². The fraction of sp³-hybridized carbons (Fsp3) is 0.538. The van der Waals surface area contributed by atoms with Crippen LogP contribution in [-0.4, -0.2) is 35.2 Å². The second-order valence-corrected chi connectivity index (χ2v) is 7.48. The Labute approximate surface area is 128 Å². The predicted molar refractivity (Wildman–Crippen MR) is 81.5 cm³/mol. The van der Waals surface area contributed by atoms with E-state index in [4.69, 9.17) is 4.74 Å². The summed E-state index contributed by atoms with van der Waals surface area (Å²) in [7, 11) is -1.93. The van der Waals surface area contributed by atoms with Crippen LogP contribution < -0.4 is 14.8 Å². The minimum Gasteiger partial charge on any atom is -0.496 e. The molecule has 0 unspecified atom stereocenters. The third kappa shape index (κ3) is 3.94. The maximum Gasteiger partial charge on any atom is 0.240 e. The third-order valence-corrected chi connectivity index (χ3v) is 5.44. The van der Waals surface area contributed by atoms with Gasteiger partial charge in [0.15, 0.2) is 0 Å². The summed E-state index contributed by atoms with van der Waals surface area (Å²) >= 11 is 3.30. The topological polar surface area (TPSA) is 67.4 Å². The zero-order chi connectivity index (χ0) is 14.6. The number of piperidine rings is 1. The first kappa shape index (κ1) is 15.8. The summed E-state index contributed by atoms with van der Waals surface area (Å²) in [6.45, 7) is 2.36. The van der Waals surface area contributed by atoms with Crippen LogP contribution >= 0.6 is 15.9 Å². The van der Waals surface area contributed by atoms with Crippen LogP contribution in [0.3, 0.4) is 0 Å². The highest BCUT2D eigenvalue weighted by atomic mass is 79.9. The Morgan fingerprint density at radius 1 is 1.50 bits per heavy atom. The van der Waals surface area contributed by atoms with E-state index in [9.17, 15) is 8.42 Å². The first-order chi connectivity index (χ1) is 9.53. The lowest BCUT2D eigenvalue weighted by atomic mass is 10.0. The van der Waals surface area contributed by atoms with Gasteiger partial charge in [-0.2, -0.15) is 0 Å². The Balaban J connectivity index is 2.04. The molecular weight excluding hydrogens is 344 g/mol. The van der Waals surface area contributed by atoms with Gasteiger partial charge in [-0.1, -0.05) is 0 Å². The molecule has 20 heavy (non-hydrogen) atoms. The van der Waals surface area contributed by atoms with E-state index in [2.05, 4.69) is 26.0 Å². The van der Waals surface area contributed by atoms with Gasteiger partial charge in [-0.05, 0) is 66.0 Å². The van der Waals surface area contributed by atoms with Crippen molar-refractivity contribution >= 4 is 26.0 Å². The second kappa shape index (κ2) is 6.89. The van der Waals surface area contributed by atoms with Crippen LogP contribution in [0.2, 0.25) is 0 Å². The Morgan fingerprint density at radius 3 is 2.90 bits per heavy atom. The van der Waals surface area contributed by atoms with Gasteiger partial charge < -0.3 is 10.1 Å². The van der Waals surface area contributed by atoms with Gasteiger partial charge in [0.1, 0.15) is 5.75 Å². The van der Waals surface area contributed by atoms with E-state index in [1.54, 1.807) is 25.3 Å². The lowest BCUT2D eigenvalue weighted by Gasteiger charge is -2.22. The van der Waals surface area contributed by atoms with Crippen LogP contribution in [-0.2, 0) is 10.0 Å². The summed E-state index contributed by atoms with van der Waals surface area (Å²) < 4.78 is 32.9. The van der Waals surface area contributed by atoms with Crippen molar-refractivity contribution in [2.75, 3.05) is 26.7 Å². The van der Waals surface area contributed by atoms with Gasteiger partial charge in [0.25, 0.3) is 0 Å². The molecule has 1 atom stereocenters. The molecule has 7 heteroatoms. The fourth-order valence-corrected chi connectivity index (χ4v) is 4.06. The largest absolute Gasteiger partial charge is 0.496 e. The smallest absolute Gasteiger partial charge is 0.240 e. The van der Waals surface area contributed by atoms with Crippen LogP contribution in [0.4, 0.5) is 0 Å². The van der Waals surface area contributed by atoms with E-state index in [0.29, 0.717) is 22.7 Å². The molecule has 112 valence electrons. The van der Waals surface area contributed by atoms with E-state index < -0.39 is 10.0 Å². The Bertz CT molecular complexity index is 557. The highest BCUT2D eigenvalue weighted by Crippen LogP contribution is 2.27. The van der Waals surface area contributed by atoms with Crippen LogP contribution in [0.15, 0.2) is 27.6 Å². The van der Waals surface area contributed by atoms with Crippen molar-refractivity contribution in [1.29, 1.82) is 0 Å². The highest BCUT2D eigenvalue weighted by Gasteiger charge is 2.19. The first-order valence-corrected chi connectivity index (χ1v) is 8.84. The molecule has 1 aliphatic rings. The summed E-state index contributed by atoms with van der Waals surface area (Å²) in [6.07, 6.45) is 2.16. The van der Waals surface area contributed by atoms with Gasteiger partial charge in [-0.3, -0.25) is 0 Å². The van der Waals surface area contributed by atoms with Gasteiger partial charge in [0, 0.05) is 6.54 Å². The van der Waals surface area contributed by atoms with Gasteiger partial charge in [0.05, 0.1) is 16.5 Å². The predicted octanol–water partition coefficient (Wildman–Crippen LogP) is 1.74. The van der Waals surface area contributed by atoms with Crippen LogP contribution in [0.1, 0.15) is 12.8 Å². The average molecular weight is 363 g/mol. The zero-order valence-corrected chi connectivity index (χ0v) is 13.8. The van der Waals surface area contributed by atoms with Crippen molar-refractivity contribution in [3.05, 3.63) is 22.7 Å². The van der Waals surface area contributed by atoms with Crippen molar-refractivity contribution in [2.45, 2.75) is 17.7 Å². The molecule has 0 saturated carbocycles. The normalized spacial score (nSPS) is 19.8. The molecule has 0 radical (unpaired) electrons. The summed E-state index contributed by atoms with van der Waals surface area (Å²) in [4.78, 5) is 0.244. The Hall–Kier alpha value is -0.630. The number of halogens is 1. The molecule has 0 spiro atoms. The van der Waals surface area contributed by atoms with E-state index in [-0.39, 0.29) is 4.90 Å². The monoisotopic (exact) mass is 362 g/mol. The van der Waals surface area contributed by atoms with Crippen LogP contribution in [0.5, 0.6) is 5.75 Å². The Morgan fingerprint density at radius 2 is 2.30 bits per heavy atom. The van der Waals surface area contributed by atoms with Crippen molar-refractivity contribution in [3.8, 4) is 5.75 Å². The quantitative estimate of drug-likeness (QED) is 0.836. The second-order valence-electron chi connectivity index (χ2n) is 4.86. The molecule has 0 aromatic heterocycles. The number of hydrogen-bond acceptors (Lipinski definition) is 4. The molecular formula is C13H19BrN2O3S. The lowest BCUT2D eigenvalue weighted by Crippen LogP contribution is -2.38. The minimum atomic E-state index is -3.47. The zero-order valence-electron chi connectivity index (χ0n) is 11.4. The molecule has 1 fully saturated rings. The van der Waals surface area contributed by atoms with Gasteiger partial charge >= 0.3 is 0 Å². The molecule has 1 heterocycles. The Kier molecular flexibility index (Phi) is 5.42. The number of sulfonamides is 1. The molecule has 0 bridgehead atoms. The summed E-state index contributed by atoms with van der Waals surface area (Å²) in [5, 5.41) is 3.28. The average Bonchev–Trinajstić information content (AvgIpc) is 2.46. The molecule has 0 amide bonds. The molecule has 2 rings (SSSR count). The van der Waals surface area contributed by atoms with E-state index in [1.807, 2.05) is 0 Å². The van der Waals surface area contributed by atoms with Crippen LogP contribution in [0, 0.1) is 5.92 Å². The van der Waals surface area contributed by atoms with Gasteiger partial charge in [-0.15, -0.1) is 0 Å². The van der Waals surface area contributed by atoms with E-state index >= 15 is 0 Å². The van der Waals surface area contributed by atoms with Crippen molar-refractivity contribution in [2.24, 2.45) is 5.92 Å². The number of ether oxygens (including phenoxy) is 1. The number of methoxy groups -OCH3 is 1. The summed E-state index contributed by atoms with van der Waals surface area (Å²) in [5.41, 5.74) is 0. The fourth-order valence-electron chi connectivity index (χ4n) is 2.22. The molecule has 0 aliphatic carbocycles. The summed E-state index contributed by atoms with van der Waals surface area (Å²) in [6, 6.07) is 4.74. The third-order valence-electron chi connectivity index (χ3n) is 3.39. The molecule has 1 saturated heterocycles. The van der Waals surface area contributed by atoms with Crippen molar-refractivity contribution in [3.63, 3.8) is 0 Å². The maximum atomic E-state index is 12.2. The number of rotatable bonds is 5. The standard InChI is InChI=1S/C13H19BrN2O3S/c1-19-13-5-4-11(7-12(13)14)20(17,18)16-9-10-3-2-6-15-8-10/h4-5,7,10,15-16H,2-3,6,8-9H2,1H3/t10-/m1/s1. The SMILES string of the molecule is COc1ccc(S(=O)(=O)NC[C@@H]2CCCNC2)cc1Br. The lowest BCUT2D eigenvalue weighted by molar-refractivity contribution is 0.376. The first-order valence-electron chi connectivity index (χ1n) is 6.57. The number of nitrogens with one attached hydrogen (secondary N) is 2.